The Morgan fingerprint density at radius 2 is 1.83 bits per heavy atom. The summed E-state index contributed by atoms with van der Waals surface area (Å²) in [7, 11) is 1.52. The first-order chi connectivity index (χ1) is 14.0. The lowest BCUT2D eigenvalue weighted by Crippen LogP contribution is -2.18. The minimum Gasteiger partial charge on any atom is -0.503 e. The van der Waals surface area contributed by atoms with Crippen molar-refractivity contribution in [3.05, 3.63) is 62.5 Å². The fourth-order valence-corrected chi connectivity index (χ4v) is 3.59. The third-order valence-corrected chi connectivity index (χ3v) is 6.31. The number of aromatic hydroxyl groups is 1. The third kappa shape index (κ3) is 4.54. The van der Waals surface area contributed by atoms with E-state index in [1.165, 1.54) is 13.3 Å². The second-order valence-corrected chi connectivity index (χ2v) is 7.56. The molecule has 8 heteroatoms. The van der Waals surface area contributed by atoms with Gasteiger partial charge in [0.2, 0.25) is 0 Å². The van der Waals surface area contributed by atoms with E-state index in [0.29, 0.717) is 38.2 Å². The van der Waals surface area contributed by atoms with Crippen LogP contribution in [0.4, 0.5) is 0 Å². The molecule has 3 aromatic carbocycles. The Bertz CT molecular complexity index is 1100. The van der Waals surface area contributed by atoms with E-state index < -0.39 is 5.91 Å². The van der Waals surface area contributed by atoms with Crippen molar-refractivity contribution in [2.75, 3.05) is 13.7 Å². The average Bonchev–Trinajstić information content (AvgIpc) is 2.74. The minimum absolute atomic E-state index is 0.0131. The molecule has 0 heterocycles. The predicted molar refractivity (Wildman–Crippen MR) is 120 cm³/mol. The molecule has 3 rings (SSSR count). The predicted octanol–water partition coefficient (Wildman–Crippen LogP) is 5.24. The van der Waals surface area contributed by atoms with Gasteiger partial charge in [-0.05, 0) is 67.8 Å². The van der Waals surface area contributed by atoms with Gasteiger partial charge in [-0.15, -0.1) is 0 Å². The van der Waals surface area contributed by atoms with Crippen molar-refractivity contribution in [1.29, 1.82) is 0 Å². The van der Waals surface area contributed by atoms with Gasteiger partial charge in [-0.25, -0.2) is 5.43 Å². The number of ether oxygens (including phenoxy) is 2. The highest BCUT2D eigenvalue weighted by Crippen LogP contribution is 2.41. The summed E-state index contributed by atoms with van der Waals surface area (Å²) >= 11 is 6.70. The van der Waals surface area contributed by atoms with Gasteiger partial charge in [-0.3, -0.25) is 4.79 Å². The van der Waals surface area contributed by atoms with Crippen molar-refractivity contribution in [1.82, 2.24) is 5.43 Å². The summed E-state index contributed by atoms with van der Waals surface area (Å²) in [5.41, 5.74) is 3.50. The molecule has 0 atom stereocenters. The topological polar surface area (TPSA) is 80.2 Å². The zero-order valence-corrected chi connectivity index (χ0v) is 18.9. The van der Waals surface area contributed by atoms with Crippen LogP contribution in [0.1, 0.15) is 22.8 Å². The molecule has 6 nitrogen and oxygen atoms in total. The molecule has 2 N–H and O–H groups in total. The van der Waals surface area contributed by atoms with Crippen molar-refractivity contribution in [3.8, 4) is 17.2 Å². The monoisotopic (exact) mass is 520 g/mol. The molecule has 0 aliphatic rings. The third-order valence-electron chi connectivity index (χ3n) is 4.16. The molecule has 0 aliphatic heterocycles. The summed E-state index contributed by atoms with van der Waals surface area (Å²) in [5.74, 6) is 0.360. The SMILES string of the molecule is CCOc1cc(/C=N\NC(=O)c2cc3ccccc3cc2OC)c(Br)c(Br)c1O. The van der Waals surface area contributed by atoms with Gasteiger partial charge in [-0.2, -0.15) is 5.10 Å². The Morgan fingerprint density at radius 1 is 1.14 bits per heavy atom. The van der Waals surface area contributed by atoms with Gasteiger partial charge in [-0.1, -0.05) is 24.3 Å². The van der Waals surface area contributed by atoms with E-state index in [1.807, 2.05) is 37.3 Å². The number of fused-ring (bicyclic) bond motifs is 1. The summed E-state index contributed by atoms with van der Waals surface area (Å²) in [6.45, 7) is 2.22. The normalized spacial score (nSPS) is 11.0. The molecule has 0 fully saturated rings. The minimum atomic E-state index is -0.400. The zero-order chi connectivity index (χ0) is 21.0. The molecule has 0 bridgehead atoms. The highest BCUT2D eigenvalue weighted by molar-refractivity contribution is 9.13. The van der Waals surface area contributed by atoms with Crippen molar-refractivity contribution in [3.63, 3.8) is 0 Å². The van der Waals surface area contributed by atoms with Crippen LogP contribution in [0.2, 0.25) is 0 Å². The molecule has 0 saturated heterocycles. The second kappa shape index (κ2) is 9.28. The summed E-state index contributed by atoms with van der Waals surface area (Å²) in [5, 5.41) is 16.1. The number of phenols is 1. The summed E-state index contributed by atoms with van der Waals surface area (Å²) in [6, 6.07) is 12.9. The van der Waals surface area contributed by atoms with Crippen LogP contribution in [-0.4, -0.2) is 30.9 Å². The molecule has 0 saturated carbocycles. The Kier molecular flexibility index (Phi) is 6.76. The first-order valence-electron chi connectivity index (χ1n) is 8.70. The van der Waals surface area contributed by atoms with E-state index in [1.54, 1.807) is 12.1 Å². The van der Waals surface area contributed by atoms with Gasteiger partial charge in [0.1, 0.15) is 5.75 Å². The molecule has 0 spiro atoms. The fourth-order valence-electron chi connectivity index (χ4n) is 2.76. The highest BCUT2D eigenvalue weighted by Gasteiger charge is 2.15. The number of amides is 1. The smallest absolute Gasteiger partial charge is 0.275 e. The first kappa shape index (κ1) is 21.1. The standard InChI is InChI=1S/C21H18Br2N2O4/c1-3-29-17-10-14(18(22)19(23)20(17)26)11-24-25-21(27)15-8-12-6-4-5-7-13(12)9-16(15)28-2/h4-11,26H,3H2,1-2H3,(H,25,27)/b24-11-. The van der Waals surface area contributed by atoms with Crippen LogP contribution in [-0.2, 0) is 0 Å². The zero-order valence-electron chi connectivity index (χ0n) is 15.7. The van der Waals surface area contributed by atoms with E-state index in [0.717, 1.165) is 10.8 Å². The van der Waals surface area contributed by atoms with Crippen molar-refractivity contribution < 1.29 is 19.4 Å². The van der Waals surface area contributed by atoms with Crippen LogP contribution in [0.5, 0.6) is 17.2 Å². The summed E-state index contributed by atoms with van der Waals surface area (Å²) in [4.78, 5) is 12.6. The van der Waals surface area contributed by atoms with Crippen LogP contribution < -0.4 is 14.9 Å². The Labute approximate surface area is 184 Å². The van der Waals surface area contributed by atoms with Gasteiger partial charge in [0.05, 0.1) is 30.0 Å². The molecule has 0 aliphatic carbocycles. The number of nitrogens with one attached hydrogen (secondary N) is 1. The number of hydrogen-bond acceptors (Lipinski definition) is 5. The lowest BCUT2D eigenvalue weighted by Gasteiger charge is -2.11. The fraction of sp³-hybridized carbons (Fsp3) is 0.143. The lowest BCUT2D eigenvalue weighted by atomic mass is 10.1. The van der Waals surface area contributed by atoms with Crippen molar-refractivity contribution >= 4 is 54.8 Å². The first-order valence-corrected chi connectivity index (χ1v) is 10.3. The van der Waals surface area contributed by atoms with E-state index in [-0.39, 0.29) is 5.75 Å². The van der Waals surface area contributed by atoms with E-state index in [9.17, 15) is 9.90 Å². The highest BCUT2D eigenvalue weighted by atomic mass is 79.9. The van der Waals surface area contributed by atoms with Crippen LogP contribution in [0, 0.1) is 0 Å². The largest absolute Gasteiger partial charge is 0.503 e. The van der Waals surface area contributed by atoms with E-state index in [4.69, 9.17) is 9.47 Å². The number of hydrazone groups is 1. The maximum atomic E-state index is 12.6. The number of hydrogen-bond donors (Lipinski definition) is 2. The second-order valence-electron chi connectivity index (χ2n) is 5.97. The van der Waals surface area contributed by atoms with E-state index in [2.05, 4.69) is 42.4 Å². The molecular formula is C21H18Br2N2O4. The van der Waals surface area contributed by atoms with Crippen LogP contribution >= 0.6 is 31.9 Å². The summed E-state index contributed by atoms with van der Waals surface area (Å²) in [6.07, 6.45) is 1.46. The number of rotatable bonds is 6. The quantitative estimate of drug-likeness (QED) is 0.343. The number of methoxy groups -OCH3 is 1. The maximum absolute atomic E-state index is 12.6. The molecule has 3 aromatic rings. The van der Waals surface area contributed by atoms with Crippen LogP contribution in [0.15, 0.2) is 56.5 Å². The molecule has 29 heavy (non-hydrogen) atoms. The lowest BCUT2D eigenvalue weighted by molar-refractivity contribution is 0.0952. The van der Waals surface area contributed by atoms with Gasteiger partial charge in [0.25, 0.3) is 5.91 Å². The van der Waals surface area contributed by atoms with Crippen LogP contribution in [0.25, 0.3) is 10.8 Å². The van der Waals surface area contributed by atoms with Gasteiger partial charge in [0, 0.05) is 10.0 Å². The number of carbonyl (C=O) groups is 1. The number of benzene rings is 3. The average molecular weight is 522 g/mol. The van der Waals surface area contributed by atoms with E-state index >= 15 is 0 Å². The molecule has 0 unspecified atom stereocenters. The van der Waals surface area contributed by atoms with Gasteiger partial charge >= 0.3 is 0 Å². The Hall–Kier alpha value is -2.58. The van der Waals surface area contributed by atoms with Crippen molar-refractivity contribution in [2.45, 2.75) is 6.92 Å². The number of nitrogens with zero attached hydrogens (tertiary/aromatic N) is 1. The molecule has 0 aromatic heterocycles. The van der Waals surface area contributed by atoms with Crippen LogP contribution in [0.3, 0.4) is 0 Å². The Morgan fingerprint density at radius 3 is 2.48 bits per heavy atom. The molecular weight excluding hydrogens is 504 g/mol. The molecule has 1 amide bonds. The van der Waals surface area contributed by atoms with Gasteiger partial charge in [0.15, 0.2) is 11.5 Å². The molecule has 150 valence electrons. The van der Waals surface area contributed by atoms with Crippen molar-refractivity contribution in [2.24, 2.45) is 5.10 Å². The maximum Gasteiger partial charge on any atom is 0.275 e. The number of halogens is 2. The molecule has 0 radical (unpaired) electrons. The van der Waals surface area contributed by atoms with Gasteiger partial charge < -0.3 is 14.6 Å². The summed E-state index contributed by atoms with van der Waals surface area (Å²) < 4.78 is 11.8. The number of carbonyl (C=O) groups excluding carboxylic acids is 1. The number of phenolic OH excluding ortho intramolecular Hbond substituents is 1. The Balaban J connectivity index is 1.86.